The van der Waals surface area contributed by atoms with Gasteiger partial charge in [-0.2, -0.15) is 5.10 Å². The summed E-state index contributed by atoms with van der Waals surface area (Å²) in [4.78, 5) is 29.6. The number of ether oxygens (including phenoxy) is 2. The Bertz CT molecular complexity index is 1780. The summed E-state index contributed by atoms with van der Waals surface area (Å²) in [6.07, 6.45) is 1.50. The highest BCUT2D eigenvalue weighted by Gasteiger charge is 2.11. The Kier molecular flexibility index (Phi) is 9.63. The molecule has 2 amide bonds. The van der Waals surface area contributed by atoms with Crippen molar-refractivity contribution in [1.29, 1.82) is 0 Å². The quantitative estimate of drug-likeness (QED) is 0.111. The summed E-state index contributed by atoms with van der Waals surface area (Å²) in [6, 6.07) is 28.0. The summed E-state index contributed by atoms with van der Waals surface area (Å²) in [5.74, 6) is 0.203. The van der Waals surface area contributed by atoms with E-state index in [9.17, 15) is 9.59 Å². The Morgan fingerprint density at radius 3 is 2.43 bits per heavy atom. The molecule has 1 aromatic heterocycles. The van der Waals surface area contributed by atoms with Gasteiger partial charge in [0.2, 0.25) is 0 Å². The smallest absolute Gasteiger partial charge is 0.271 e. The van der Waals surface area contributed by atoms with E-state index < -0.39 is 0 Å². The van der Waals surface area contributed by atoms with Crippen molar-refractivity contribution < 1.29 is 19.1 Å². The average molecular weight is 606 g/mol. The van der Waals surface area contributed by atoms with Gasteiger partial charge in [0.1, 0.15) is 0 Å². The van der Waals surface area contributed by atoms with E-state index in [1.165, 1.54) is 30.2 Å². The lowest BCUT2D eigenvalue weighted by atomic mass is 10.1. The molecule has 0 atom stereocenters. The van der Waals surface area contributed by atoms with Crippen LogP contribution in [0.4, 0.5) is 16.5 Å². The lowest BCUT2D eigenvalue weighted by molar-refractivity contribution is -0.118. The zero-order chi connectivity index (χ0) is 30.9. The van der Waals surface area contributed by atoms with Crippen LogP contribution in [0.15, 0.2) is 101 Å². The lowest BCUT2D eigenvalue weighted by Crippen LogP contribution is -2.20. The minimum absolute atomic E-state index is 0.180. The first-order valence-electron chi connectivity index (χ1n) is 13.8. The molecule has 0 bridgehead atoms. The number of methoxy groups -OCH3 is 1. The third-order valence-electron chi connectivity index (χ3n) is 6.48. The molecule has 222 valence electrons. The standard InChI is InChI=1S/C34H31N5O4S/c1-22-7-14-27(15-8-22)37-34-38-29(21-44-34)25-10-12-26(13-11-25)33(41)39-35-19-24-9-16-30(31(18-24)42-3)43-20-32(40)36-28-6-4-5-23(2)17-28/h4-19,21H,20H2,1-3H3,(H,36,40)(H,37,38)(H,39,41)/b35-19+. The summed E-state index contributed by atoms with van der Waals surface area (Å²) in [6.45, 7) is 3.82. The summed E-state index contributed by atoms with van der Waals surface area (Å²) >= 11 is 1.52. The van der Waals surface area contributed by atoms with Crippen LogP contribution in [0.3, 0.4) is 0 Å². The van der Waals surface area contributed by atoms with Crippen LogP contribution in [0.25, 0.3) is 11.3 Å². The number of anilines is 3. The third-order valence-corrected chi connectivity index (χ3v) is 7.24. The van der Waals surface area contributed by atoms with Crippen LogP contribution in [-0.4, -0.2) is 36.7 Å². The Hall–Kier alpha value is -5.48. The van der Waals surface area contributed by atoms with Crippen molar-refractivity contribution in [2.24, 2.45) is 5.10 Å². The van der Waals surface area contributed by atoms with Crippen LogP contribution in [0.5, 0.6) is 11.5 Å². The Morgan fingerprint density at radius 2 is 1.68 bits per heavy atom. The molecular formula is C34H31N5O4S. The van der Waals surface area contributed by atoms with Crippen LogP contribution in [-0.2, 0) is 4.79 Å². The minimum Gasteiger partial charge on any atom is -0.493 e. The van der Waals surface area contributed by atoms with Gasteiger partial charge >= 0.3 is 0 Å². The van der Waals surface area contributed by atoms with Gasteiger partial charge in [-0.25, -0.2) is 10.4 Å². The van der Waals surface area contributed by atoms with Crippen LogP contribution >= 0.6 is 11.3 Å². The molecule has 5 aromatic rings. The summed E-state index contributed by atoms with van der Waals surface area (Å²) in [5.41, 5.74) is 9.33. The number of hydrazone groups is 1. The average Bonchev–Trinajstić information content (AvgIpc) is 3.50. The van der Waals surface area contributed by atoms with Gasteiger partial charge in [0, 0.05) is 27.9 Å². The molecule has 3 N–H and O–H groups in total. The maximum atomic E-state index is 12.7. The molecule has 0 aliphatic rings. The van der Waals surface area contributed by atoms with Gasteiger partial charge < -0.3 is 20.1 Å². The van der Waals surface area contributed by atoms with Crippen molar-refractivity contribution in [2.45, 2.75) is 13.8 Å². The van der Waals surface area contributed by atoms with E-state index in [0.29, 0.717) is 28.3 Å². The first kappa shape index (κ1) is 30.0. The van der Waals surface area contributed by atoms with Crippen molar-refractivity contribution in [3.8, 4) is 22.8 Å². The largest absolute Gasteiger partial charge is 0.493 e. The first-order chi connectivity index (χ1) is 21.4. The molecular weight excluding hydrogens is 574 g/mol. The molecule has 1 heterocycles. The topological polar surface area (TPSA) is 114 Å². The van der Waals surface area contributed by atoms with E-state index in [0.717, 1.165) is 27.6 Å². The van der Waals surface area contributed by atoms with E-state index in [1.54, 1.807) is 30.3 Å². The number of rotatable bonds is 11. The Balaban J connectivity index is 1.13. The van der Waals surface area contributed by atoms with Crippen LogP contribution in [0, 0.1) is 13.8 Å². The van der Waals surface area contributed by atoms with Crippen LogP contribution in [0.2, 0.25) is 0 Å². The number of thiazole rings is 1. The van der Waals surface area contributed by atoms with Crippen molar-refractivity contribution in [3.05, 3.63) is 119 Å². The van der Waals surface area contributed by atoms with Crippen molar-refractivity contribution in [1.82, 2.24) is 10.4 Å². The molecule has 0 unspecified atom stereocenters. The van der Waals surface area contributed by atoms with Gasteiger partial charge in [-0.15, -0.1) is 11.3 Å². The van der Waals surface area contributed by atoms with Gasteiger partial charge in [0.15, 0.2) is 23.2 Å². The third kappa shape index (κ3) is 8.08. The molecule has 44 heavy (non-hydrogen) atoms. The van der Waals surface area contributed by atoms with Crippen LogP contribution < -0.4 is 25.5 Å². The summed E-state index contributed by atoms with van der Waals surface area (Å²) < 4.78 is 11.1. The van der Waals surface area contributed by atoms with E-state index in [1.807, 2.05) is 79.9 Å². The zero-order valence-corrected chi connectivity index (χ0v) is 25.3. The highest BCUT2D eigenvalue weighted by molar-refractivity contribution is 7.14. The number of amides is 2. The van der Waals surface area contributed by atoms with Gasteiger partial charge in [-0.1, -0.05) is 42.0 Å². The second-order valence-corrected chi connectivity index (χ2v) is 10.8. The van der Waals surface area contributed by atoms with E-state index in [-0.39, 0.29) is 18.4 Å². The first-order valence-corrected chi connectivity index (χ1v) is 14.6. The van der Waals surface area contributed by atoms with E-state index in [2.05, 4.69) is 26.1 Å². The number of hydrogen-bond acceptors (Lipinski definition) is 8. The predicted molar refractivity (Wildman–Crippen MR) is 175 cm³/mol. The molecule has 0 saturated carbocycles. The normalized spacial score (nSPS) is 10.8. The van der Waals surface area contributed by atoms with Gasteiger partial charge in [0.25, 0.3) is 11.8 Å². The van der Waals surface area contributed by atoms with E-state index in [4.69, 9.17) is 9.47 Å². The molecule has 4 aromatic carbocycles. The highest BCUT2D eigenvalue weighted by Crippen LogP contribution is 2.29. The number of aryl methyl sites for hydroxylation is 2. The summed E-state index contributed by atoms with van der Waals surface area (Å²) in [5, 5.41) is 13.0. The minimum atomic E-state index is -0.348. The molecule has 0 saturated heterocycles. The van der Waals surface area contributed by atoms with Gasteiger partial charge in [-0.3, -0.25) is 9.59 Å². The molecule has 0 radical (unpaired) electrons. The number of nitrogens with one attached hydrogen (secondary N) is 3. The molecule has 0 fully saturated rings. The highest BCUT2D eigenvalue weighted by atomic mass is 32.1. The molecule has 0 aliphatic heterocycles. The monoisotopic (exact) mass is 605 g/mol. The fourth-order valence-corrected chi connectivity index (χ4v) is 4.93. The van der Waals surface area contributed by atoms with Crippen molar-refractivity contribution >= 4 is 45.9 Å². The second-order valence-electron chi connectivity index (χ2n) is 9.92. The van der Waals surface area contributed by atoms with Gasteiger partial charge in [0.05, 0.1) is 19.0 Å². The zero-order valence-electron chi connectivity index (χ0n) is 24.5. The maximum Gasteiger partial charge on any atom is 0.271 e. The molecule has 0 aliphatic carbocycles. The molecule has 0 spiro atoms. The number of nitrogens with zero attached hydrogens (tertiary/aromatic N) is 2. The second kappa shape index (κ2) is 14.1. The Labute approximate surface area is 259 Å². The number of aromatic nitrogens is 1. The van der Waals surface area contributed by atoms with Gasteiger partial charge in [-0.05, 0) is 79.6 Å². The van der Waals surface area contributed by atoms with Crippen LogP contribution in [0.1, 0.15) is 27.0 Å². The van der Waals surface area contributed by atoms with E-state index >= 15 is 0 Å². The number of hydrogen-bond donors (Lipinski definition) is 3. The fourth-order valence-electron chi connectivity index (χ4n) is 4.19. The predicted octanol–water partition coefficient (Wildman–Crippen LogP) is 6.96. The molecule has 5 rings (SSSR count). The summed E-state index contributed by atoms with van der Waals surface area (Å²) in [7, 11) is 1.51. The number of benzene rings is 4. The van der Waals surface area contributed by atoms with Crippen molar-refractivity contribution in [2.75, 3.05) is 24.4 Å². The molecule has 9 nitrogen and oxygen atoms in total. The Morgan fingerprint density at radius 1 is 0.886 bits per heavy atom. The maximum absolute atomic E-state index is 12.7. The lowest BCUT2D eigenvalue weighted by Gasteiger charge is -2.11. The van der Waals surface area contributed by atoms with Crippen molar-refractivity contribution in [3.63, 3.8) is 0 Å². The molecule has 10 heteroatoms. The fraction of sp³-hybridized carbons (Fsp3) is 0.118. The SMILES string of the molecule is COc1cc(/C=N/NC(=O)c2ccc(-c3csc(Nc4ccc(C)cc4)n3)cc2)ccc1OCC(=O)Nc1cccc(C)c1. The number of carbonyl (C=O) groups excluding carboxylic acids is 2. The number of carbonyl (C=O) groups is 2.